The highest BCUT2D eigenvalue weighted by molar-refractivity contribution is 5.91. The van der Waals surface area contributed by atoms with E-state index < -0.39 is 0 Å². The molecule has 0 radical (unpaired) electrons. The summed E-state index contributed by atoms with van der Waals surface area (Å²) in [4.78, 5) is 11.7. The topological polar surface area (TPSA) is 58.6 Å². The second-order valence-electron chi connectivity index (χ2n) is 4.50. The highest BCUT2D eigenvalue weighted by atomic mass is 16.5. The predicted molar refractivity (Wildman–Crippen MR) is 80.6 cm³/mol. The first-order chi connectivity index (χ1) is 9.69. The number of aliphatic hydroxyl groups is 1. The van der Waals surface area contributed by atoms with E-state index in [-0.39, 0.29) is 25.2 Å². The van der Waals surface area contributed by atoms with Gasteiger partial charge in [0.05, 0.1) is 6.61 Å². The third-order valence-corrected chi connectivity index (χ3v) is 3.00. The maximum Gasteiger partial charge on any atom is 0.244 e. The van der Waals surface area contributed by atoms with Gasteiger partial charge in [0.2, 0.25) is 5.91 Å². The second kappa shape index (κ2) is 9.15. The van der Waals surface area contributed by atoms with E-state index in [9.17, 15) is 4.79 Å². The van der Waals surface area contributed by atoms with Gasteiger partial charge in [-0.1, -0.05) is 26.0 Å². The molecule has 0 aromatic heterocycles. The van der Waals surface area contributed by atoms with Gasteiger partial charge in [0, 0.05) is 12.1 Å². The van der Waals surface area contributed by atoms with Gasteiger partial charge in [-0.25, -0.2) is 0 Å². The molecule has 0 unspecified atom stereocenters. The lowest BCUT2D eigenvalue weighted by Gasteiger charge is -2.12. The Hall–Kier alpha value is -1.81. The predicted octanol–water partition coefficient (Wildman–Crippen LogP) is 2.38. The molecule has 0 saturated heterocycles. The largest absolute Gasteiger partial charge is 0.491 e. The number of carbonyl (C=O) groups is 1. The number of hydrogen-bond acceptors (Lipinski definition) is 3. The van der Waals surface area contributed by atoms with Gasteiger partial charge in [-0.15, -0.1) is 0 Å². The fraction of sp³-hybridized carbons (Fsp3) is 0.438. The number of hydrogen-bond donors (Lipinski definition) is 2. The molecule has 0 atom stereocenters. The molecule has 1 amide bonds. The van der Waals surface area contributed by atoms with Gasteiger partial charge in [0.1, 0.15) is 12.4 Å². The van der Waals surface area contributed by atoms with E-state index in [4.69, 9.17) is 9.84 Å². The fourth-order valence-corrected chi connectivity index (χ4v) is 1.75. The van der Waals surface area contributed by atoms with Crippen molar-refractivity contribution in [1.82, 2.24) is 5.32 Å². The van der Waals surface area contributed by atoms with E-state index in [1.54, 1.807) is 12.2 Å². The lowest BCUT2D eigenvalue weighted by molar-refractivity contribution is -0.117. The number of amides is 1. The molecule has 0 aliphatic rings. The van der Waals surface area contributed by atoms with E-state index >= 15 is 0 Å². The van der Waals surface area contributed by atoms with Crippen LogP contribution in [0, 0.1) is 0 Å². The Balaban J connectivity index is 2.50. The smallest absolute Gasteiger partial charge is 0.244 e. The number of carbonyl (C=O) groups excluding carboxylic acids is 1. The molecule has 0 bridgehead atoms. The minimum Gasteiger partial charge on any atom is -0.491 e. The first kappa shape index (κ1) is 16.2. The maximum absolute atomic E-state index is 11.7. The van der Waals surface area contributed by atoms with Crippen LogP contribution in [0.1, 0.15) is 32.3 Å². The summed E-state index contributed by atoms with van der Waals surface area (Å²) in [6.07, 6.45) is 5.19. The highest BCUT2D eigenvalue weighted by Crippen LogP contribution is 2.13. The Kier molecular flexibility index (Phi) is 7.43. The van der Waals surface area contributed by atoms with Gasteiger partial charge in [0.25, 0.3) is 0 Å². The molecule has 0 fully saturated rings. The van der Waals surface area contributed by atoms with Crippen LogP contribution in [-0.2, 0) is 4.79 Å². The lowest BCUT2D eigenvalue weighted by Crippen LogP contribution is -2.32. The van der Waals surface area contributed by atoms with Crippen molar-refractivity contribution in [2.75, 3.05) is 13.2 Å². The van der Waals surface area contributed by atoms with Crippen LogP contribution in [0.3, 0.4) is 0 Å². The van der Waals surface area contributed by atoms with Gasteiger partial charge >= 0.3 is 0 Å². The van der Waals surface area contributed by atoms with Gasteiger partial charge in [-0.3, -0.25) is 4.79 Å². The van der Waals surface area contributed by atoms with Crippen molar-refractivity contribution < 1.29 is 14.6 Å². The zero-order valence-electron chi connectivity index (χ0n) is 12.1. The van der Waals surface area contributed by atoms with Crippen LogP contribution in [0.2, 0.25) is 0 Å². The summed E-state index contributed by atoms with van der Waals surface area (Å²) in [5.74, 6) is 0.636. The van der Waals surface area contributed by atoms with E-state index in [2.05, 4.69) is 19.2 Å². The summed E-state index contributed by atoms with van der Waals surface area (Å²) in [7, 11) is 0. The third-order valence-electron chi connectivity index (χ3n) is 3.00. The molecule has 0 aliphatic heterocycles. The van der Waals surface area contributed by atoms with Crippen molar-refractivity contribution in [3.05, 3.63) is 35.9 Å². The lowest BCUT2D eigenvalue weighted by atomic mass is 10.1. The number of rotatable bonds is 8. The van der Waals surface area contributed by atoms with Crippen molar-refractivity contribution in [1.29, 1.82) is 0 Å². The summed E-state index contributed by atoms with van der Waals surface area (Å²) in [6, 6.07) is 7.60. The number of benzene rings is 1. The Morgan fingerprint density at radius 1 is 1.30 bits per heavy atom. The summed E-state index contributed by atoms with van der Waals surface area (Å²) in [6.45, 7) is 4.40. The van der Waals surface area contributed by atoms with Gasteiger partial charge in [-0.2, -0.15) is 0 Å². The molecule has 4 nitrogen and oxygen atoms in total. The molecule has 1 aromatic rings. The molecule has 0 aliphatic carbocycles. The Morgan fingerprint density at radius 3 is 2.50 bits per heavy atom. The Morgan fingerprint density at radius 2 is 1.95 bits per heavy atom. The second-order valence-corrected chi connectivity index (χ2v) is 4.50. The van der Waals surface area contributed by atoms with Crippen LogP contribution >= 0.6 is 0 Å². The molecule has 0 saturated carbocycles. The summed E-state index contributed by atoms with van der Waals surface area (Å²) >= 11 is 0. The van der Waals surface area contributed by atoms with Crippen LogP contribution in [-0.4, -0.2) is 30.3 Å². The third kappa shape index (κ3) is 5.89. The van der Waals surface area contributed by atoms with Gasteiger partial charge < -0.3 is 15.2 Å². The average molecular weight is 277 g/mol. The molecular formula is C16H23NO3. The molecule has 1 aromatic carbocycles. The minimum atomic E-state index is -0.0701. The average Bonchev–Trinajstić information content (AvgIpc) is 2.49. The van der Waals surface area contributed by atoms with Crippen molar-refractivity contribution >= 4 is 12.0 Å². The van der Waals surface area contributed by atoms with Crippen molar-refractivity contribution in [3.63, 3.8) is 0 Å². The molecule has 1 rings (SSSR count). The number of nitrogens with one attached hydrogen (secondary N) is 1. The molecule has 0 heterocycles. The van der Waals surface area contributed by atoms with Gasteiger partial charge in [0.15, 0.2) is 0 Å². The standard InChI is InChI=1S/C16H23NO3/c1-3-14(4-2)17-16(19)10-7-13-5-8-15(9-6-13)20-12-11-18/h5-10,14,18H,3-4,11-12H2,1-2H3,(H,17,19)/b10-7+. The quantitative estimate of drug-likeness (QED) is 0.717. The normalized spacial score (nSPS) is 11.0. The molecule has 110 valence electrons. The van der Waals surface area contributed by atoms with Crippen LogP contribution in [0.4, 0.5) is 0 Å². The molecular weight excluding hydrogens is 254 g/mol. The first-order valence-electron chi connectivity index (χ1n) is 7.01. The Bertz CT molecular complexity index is 422. The van der Waals surface area contributed by atoms with Crippen LogP contribution in [0.25, 0.3) is 6.08 Å². The summed E-state index contributed by atoms with van der Waals surface area (Å²) in [5.41, 5.74) is 0.932. The SMILES string of the molecule is CCC(CC)NC(=O)/C=C/c1ccc(OCCO)cc1. The highest BCUT2D eigenvalue weighted by Gasteiger charge is 2.04. The van der Waals surface area contributed by atoms with Crippen LogP contribution < -0.4 is 10.1 Å². The van der Waals surface area contributed by atoms with Crippen molar-refractivity contribution in [2.24, 2.45) is 0 Å². The monoisotopic (exact) mass is 277 g/mol. The van der Waals surface area contributed by atoms with E-state index in [0.717, 1.165) is 18.4 Å². The summed E-state index contributed by atoms with van der Waals surface area (Å²) < 4.78 is 5.26. The minimum absolute atomic E-state index is 0.00213. The zero-order chi connectivity index (χ0) is 14.8. The van der Waals surface area contributed by atoms with Crippen molar-refractivity contribution in [2.45, 2.75) is 32.7 Å². The molecule has 2 N–H and O–H groups in total. The zero-order valence-corrected chi connectivity index (χ0v) is 12.1. The van der Waals surface area contributed by atoms with Crippen molar-refractivity contribution in [3.8, 4) is 5.75 Å². The number of aliphatic hydroxyl groups excluding tert-OH is 1. The maximum atomic E-state index is 11.7. The molecule has 0 spiro atoms. The molecule has 4 heteroatoms. The Labute approximate surface area is 120 Å². The van der Waals surface area contributed by atoms with E-state index in [0.29, 0.717) is 5.75 Å². The fourth-order valence-electron chi connectivity index (χ4n) is 1.75. The van der Waals surface area contributed by atoms with E-state index in [1.165, 1.54) is 0 Å². The van der Waals surface area contributed by atoms with Crippen LogP contribution in [0.15, 0.2) is 30.3 Å². The first-order valence-corrected chi connectivity index (χ1v) is 7.01. The van der Waals surface area contributed by atoms with E-state index in [1.807, 2.05) is 24.3 Å². The van der Waals surface area contributed by atoms with Crippen LogP contribution in [0.5, 0.6) is 5.75 Å². The van der Waals surface area contributed by atoms with Gasteiger partial charge in [-0.05, 0) is 36.6 Å². The molecule has 20 heavy (non-hydrogen) atoms. The number of ether oxygens (including phenoxy) is 1. The summed E-state index contributed by atoms with van der Waals surface area (Å²) in [5, 5.41) is 11.6.